The summed E-state index contributed by atoms with van der Waals surface area (Å²) in [5.74, 6) is 1.07. The maximum atomic E-state index is 14.4. The van der Waals surface area contributed by atoms with Crippen molar-refractivity contribution in [2.24, 2.45) is 11.8 Å². The number of carbonyl (C=O) groups is 1. The van der Waals surface area contributed by atoms with Gasteiger partial charge in [0.25, 0.3) is 5.91 Å². The Hall–Kier alpha value is -1.47. The molecule has 0 spiro atoms. The van der Waals surface area contributed by atoms with Crippen LogP contribution in [-0.4, -0.2) is 48.4 Å². The largest absolute Gasteiger partial charge is 0.338 e. The van der Waals surface area contributed by atoms with Crippen LogP contribution in [0.25, 0.3) is 0 Å². The normalized spacial score (nSPS) is 22.7. The van der Waals surface area contributed by atoms with Gasteiger partial charge in [-0.15, -0.1) is 0 Å². The van der Waals surface area contributed by atoms with Gasteiger partial charge in [0.1, 0.15) is 5.82 Å². The minimum absolute atomic E-state index is 0.131. The monoisotopic (exact) mass is 506 g/mol. The number of hydrogen-bond acceptors (Lipinski definition) is 2. The number of nitrogens with zero attached hydrogens (tertiary/aromatic N) is 2. The van der Waals surface area contributed by atoms with Gasteiger partial charge >= 0.3 is 0 Å². The highest BCUT2D eigenvalue weighted by atomic mass is 127. The summed E-state index contributed by atoms with van der Waals surface area (Å²) in [6.07, 6.45) is 1.15. The van der Waals surface area contributed by atoms with Gasteiger partial charge in [0.05, 0.1) is 5.56 Å². The molecule has 154 valence electrons. The van der Waals surface area contributed by atoms with Gasteiger partial charge in [0.15, 0.2) is 0 Å². The summed E-state index contributed by atoms with van der Waals surface area (Å²) in [7, 11) is 0. The molecule has 2 saturated heterocycles. The first-order valence-electron chi connectivity index (χ1n) is 10.5. The molecular formula is C24H28FIN2O. The summed E-state index contributed by atoms with van der Waals surface area (Å²) in [5.41, 5.74) is 2.47. The molecule has 2 heterocycles. The van der Waals surface area contributed by atoms with Gasteiger partial charge in [-0.05, 0) is 47.9 Å². The van der Waals surface area contributed by atoms with E-state index in [0.29, 0.717) is 22.2 Å². The minimum Gasteiger partial charge on any atom is -0.338 e. The number of carbonyl (C=O) groups excluding carboxylic acids is 1. The molecule has 0 saturated carbocycles. The quantitative estimate of drug-likeness (QED) is 0.409. The average molecular weight is 506 g/mol. The van der Waals surface area contributed by atoms with Crippen LogP contribution in [0.5, 0.6) is 0 Å². The fourth-order valence-corrected chi connectivity index (χ4v) is 5.48. The molecular weight excluding hydrogens is 478 g/mol. The molecule has 3 nitrogen and oxygen atoms in total. The topological polar surface area (TPSA) is 23.6 Å². The zero-order chi connectivity index (χ0) is 20.4. The van der Waals surface area contributed by atoms with E-state index in [9.17, 15) is 9.18 Å². The zero-order valence-corrected chi connectivity index (χ0v) is 19.0. The Morgan fingerprint density at radius 2 is 1.76 bits per heavy atom. The van der Waals surface area contributed by atoms with Gasteiger partial charge in [-0.25, -0.2) is 4.39 Å². The van der Waals surface area contributed by atoms with Gasteiger partial charge in [-0.1, -0.05) is 72.0 Å². The number of fused-ring (bicyclic) bond motifs is 1. The molecule has 0 radical (unpaired) electrons. The van der Waals surface area contributed by atoms with Crippen LogP contribution < -0.4 is 0 Å². The lowest BCUT2D eigenvalue weighted by atomic mass is 9.98. The molecule has 2 aromatic rings. The van der Waals surface area contributed by atoms with Crippen LogP contribution in [0.2, 0.25) is 0 Å². The third-order valence-electron chi connectivity index (χ3n) is 6.55. The second-order valence-corrected chi connectivity index (χ2v) is 9.26. The Morgan fingerprint density at radius 3 is 2.41 bits per heavy atom. The molecule has 2 aliphatic rings. The van der Waals surface area contributed by atoms with E-state index >= 15 is 0 Å². The van der Waals surface area contributed by atoms with Crippen molar-refractivity contribution in [2.75, 3.05) is 32.7 Å². The van der Waals surface area contributed by atoms with Crippen LogP contribution in [0, 0.1) is 17.7 Å². The number of rotatable bonds is 6. The van der Waals surface area contributed by atoms with Gasteiger partial charge in [-0.3, -0.25) is 4.79 Å². The molecule has 3 atom stereocenters. The van der Waals surface area contributed by atoms with Crippen molar-refractivity contribution in [3.8, 4) is 0 Å². The van der Waals surface area contributed by atoms with Crippen LogP contribution in [-0.2, 0) is 4.43 Å². The van der Waals surface area contributed by atoms with Gasteiger partial charge in [0, 0.05) is 30.6 Å². The second-order valence-electron chi connectivity index (χ2n) is 8.50. The molecule has 0 N–H and O–H groups in total. The molecule has 2 aromatic carbocycles. The number of amides is 1. The first-order valence-corrected chi connectivity index (χ1v) is 12.0. The van der Waals surface area contributed by atoms with Crippen molar-refractivity contribution >= 4 is 28.5 Å². The van der Waals surface area contributed by atoms with E-state index in [1.165, 1.54) is 11.6 Å². The summed E-state index contributed by atoms with van der Waals surface area (Å²) >= 11 is 2.20. The van der Waals surface area contributed by atoms with Crippen molar-refractivity contribution < 1.29 is 9.18 Å². The predicted octanol–water partition coefficient (Wildman–Crippen LogP) is 4.96. The molecule has 0 bridgehead atoms. The number of benzene rings is 2. The Kier molecular flexibility index (Phi) is 6.54. The first kappa shape index (κ1) is 20.8. The van der Waals surface area contributed by atoms with Gasteiger partial charge in [-0.2, -0.15) is 0 Å². The van der Waals surface area contributed by atoms with Crippen LogP contribution in [0.1, 0.15) is 40.7 Å². The van der Waals surface area contributed by atoms with Crippen molar-refractivity contribution in [3.63, 3.8) is 0 Å². The maximum absolute atomic E-state index is 14.4. The number of hydrogen-bond donors (Lipinski definition) is 0. The van der Waals surface area contributed by atoms with Crippen molar-refractivity contribution in [3.05, 3.63) is 71.0 Å². The third kappa shape index (κ3) is 4.50. The smallest absolute Gasteiger partial charge is 0.257 e. The summed E-state index contributed by atoms with van der Waals surface area (Å²) in [5, 5.41) is 0. The molecule has 2 aliphatic heterocycles. The first-order chi connectivity index (χ1) is 14.1. The maximum Gasteiger partial charge on any atom is 0.257 e. The lowest BCUT2D eigenvalue weighted by molar-refractivity contribution is 0.0768. The van der Waals surface area contributed by atoms with Gasteiger partial charge < -0.3 is 9.80 Å². The Morgan fingerprint density at radius 1 is 1.07 bits per heavy atom. The summed E-state index contributed by atoms with van der Waals surface area (Å²) in [4.78, 5) is 17.4. The zero-order valence-electron chi connectivity index (χ0n) is 16.9. The summed E-state index contributed by atoms with van der Waals surface area (Å²) in [6, 6.07) is 15.6. The number of likely N-dealkylation sites (tertiary alicyclic amines) is 2. The minimum atomic E-state index is -0.391. The fraction of sp³-hybridized carbons (Fsp3) is 0.458. The molecule has 4 rings (SSSR count). The van der Waals surface area contributed by atoms with Crippen molar-refractivity contribution in [1.29, 1.82) is 0 Å². The molecule has 3 unspecified atom stereocenters. The van der Waals surface area contributed by atoms with Crippen molar-refractivity contribution in [1.82, 2.24) is 9.80 Å². The van der Waals surface area contributed by atoms with Crippen LogP contribution in [0.4, 0.5) is 4.39 Å². The van der Waals surface area contributed by atoms with Crippen LogP contribution in [0.3, 0.4) is 0 Å². The van der Waals surface area contributed by atoms with Crippen LogP contribution in [0.15, 0.2) is 48.5 Å². The van der Waals surface area contributed by atoms with E-state index in [0.717, 1.165) is 44.7 Å². The SMILES string of the molecule is CC(CCN1CC2CN(C(=O)c3c(F)cccc3CI)CC2C1)c1ccccc1. The average Bonchev–Trinajstić information content (AvgIpc) is 3.31. The van der Waals surface area contributed by atoms with E-state index in [1.807, 2.05) is 11.0 Å². The highest BCUT2D eigenvalue weighted by Crippen LogP contribution is 2.33. The standard InChI is InChI=1S/C24H28FIN2O/c1-17(18-6-3-2-4-7-18)10-11-27-13-20-15-28(16-21(20)14-27)24(29)23-19(12-26)8-5-9-22(23)25/h2-9,17,20-21H,10-16H2,1H3. The Bertz CT molecular complexity index is 845. The Labute approximate surface area is 186 Å². The highest BCUT2D eigenvalue weighted by molar-refractivity contribution is 14.1. The van der Waals surface area contributed by atoms with Gasteiger partial charge in [0.2, 0.25) is 0 Å². The molecule has 0 aliphatic carbocycles. The fourth-order valence-electron chi connectivity index (χ4n) is 4.84. The van der Waals surface area contributed by atoms with E-state index in [4.69, 9.17) is 0 Å². The molecule has 29 heavy (non-hydrogen) atoms. The summed E-state index contributed by atoms with van der Waals surface area (Å²) in [6.45, 7) is 7.00. The van der Waals surface area contributed by atoms with E-state index in [1.54, 1.807) is 6.07 Å². The van der Waals surface area contributed by atoms with E-state index < -0.39 is 5.82 Å². The predicted molar refractivity (Wildman–Crippen MR) is 123 cm³/mol. The lowest BCUT2D eigenvalue weighted by Gasteiger charge is -2.23. The van der Waals surface area contributed by atoms with Crippen molar-refractivity contribution in [2.45, 2.75) is 23.7 Å². The Balaban J connectivity index is 1.32. The third-order valence-corrected chi connectivity index (χ3v) is 7.38. The second kappa shape index (κ2) is 9.13. The molecule has 2 fully saturated rings. The highest BCUT2D eigenvalue weighted by Gasteiger charge is 2.42. The molecule has 1 amide bonds. The number of halogens is 2. The summed E-state index contributed by atoms with van der Waals surface area (Å²) < 4.78 is 15.0. The van der Waals surface area contributed by atoms with E-state index in [2.05, 4.69) is 64.7 Å². The molecule has 5 heteroatoms. The van der Waals surface area contributed by atoms with E-state index in [-0.39, 0.29) is 11.5 Å². The number of alkyl halides is 1. The molecule has 0 aromatic heterocycles. The lowest BCUT2D eigenvalue weighted by Crippen LogP contribution is -2.34. The van der Waals surface area contributed by atoms with Crippen LogP contribution >= 0.6 is 22.6 Å².